The fourth-order valence-electron chi connectivity index (χ4n) is 2.25. The van der Waals surface area contributed by atoms with E-state index in [1.807, 2.05) is 11.7 Å². The van der Waals surface area contributed by atoms with Gasteiger partial charge in [0.15, 0.2) is 0 Å². The molecule has 104 valence electrons. The van der Waals surface area contributed by atoms with Gasteiger partial charge in [0, 0.05) is 38.7 Å². The van der Waals surface area contributed by atoms with Crippen molar-refractivity contribution in [2.45, 2.75) is 32.9 Å². The van der Waals surface area contributed by atoms with E-state index in [0.717, 1.165) is 25.3 Å². The molecule has 1 N–H and O–H groups in total. The van der Waals surface area contributed by atoms with Crippen LogP contribution in [0.3, 0.4) is 0 Å². The third-order valence-corrected chi connectivity index (χ3v) is 3.46. The summed E-state index contributed by atoms with van der Waals surface area (Å²) in [6.45, 7) is 5.88. The zero-order valence-corrected chi connectivity index (χ0v) is 12.2. The van der Waals surface area contributed by atoms with Gasteiger partial charge >= 0.3 is 0 Å². The van der Waals surface area contributed by atoms with Crippen molar-refractivity contribution in [3.63, 3.8) is 0 Å². The minimum absolute atomic E-state index is 0.432. The molecule has 1 aromatic carbocycles. The third kappa shape index (κ3) is 3.33. The van der Waals surface area contributed by atoms with Crippen LogP contribution in [0.2, 0.25) is 0 Å². The first-order valence-corrected chi connectivity index (χ1v) is 6.76. The molecule has 0 aliphatic rings. The minimum atomic E-state index is 0.432. The summed E-state index contributed by atoms with van der Waals surface area (Å²) in [5, 5.41) is 9.35. The van der Waals surface area contributed by atoms with Gasteiger partial charge in [-0.2, -0.15) is 5.10 Å². The Hall–Kier alpha value is -1.39. The van der Waals surface area contributed by atoms with Gasteiger partial charge in [-0.3, -0.25) is 4.68 Å². The number of ether oxygens (including phenoxy) is 1. The monoisotopic (exact) mass is 261 g/mol. The number of aromatic nitrogens is 2. The van der Waals surface area contributed by atoms with Crippen LogP contribution in [0.25, 0.3) is 10.9 Å². The quantitative estimate of drug-likeness (QED) is 0.868. The van der Waals surface area contributed by atoms with Crippen LogP contribution in [0.4, 0.5) is 0 Å². The maximum absolute atomic E-state index is 5.09. The molecule has 0 fully saturated rings. The van der Waals surface area contributed by atoms with E-state index < -0.39 is 0 Å². The molecule has 0 spiro atoms. The van der Waals surface area contributed by atoms with Crippen molar-refractivity contribution >= 4 is 10.9 Å². The standard InChI is InChI=1S/C15H23N3O/c1-11-5-6-15-13(9-11)14(17-18(15)3)10-16-12(2)7-8-19-4/h5-6,9,12,16H,7-8,10H2,1-4H3/t12-/m1/s1. The van der Waals surface area contributed by atoms with E-state index in [1.165, 1.54) is 16.5 Å². The molecule has 4 nitrogen and oxygen atoms in total. The lowest BCUT2D eigenvalue weighted by Crippen LogP contribution is -2.27. The molecular weight excluding hydrogens is 238 g/mol. The van der Waals surface area contributed by atoms with Crippen molar-refractivity contribution in [2.75, 3.05) is 13.7 Å². The lowest BCUT2D eigenvalue weighted by atomic mass is 10.1. The minimum Gasteiger partial charge on any atom is -0.385 e. The summed E-state index contributed by atoms with van der Waals surface area (Å²) in [5.41, 5.74) is 3.58. The molecule has 0 amide bonds. The molecule has 2 aromatic rings. The SMILES string of the molecule is COCC[C@@H](C)NCc1nn(C)c2ccc(C)cc12. The second-order valence-corrected chi connectivity index (χ2v) is 5.15. The largest absolute Gasteiger partial charge is 0.385 e. The predicted molar refractivity (Wildman–Crippen MR) is 78.2 cm³/mol. The molecule has 0 unspecified atom stereocenters. The van der Waals surface area contributed by atoms with Crippen LogP contribution in [0.15, 0.2) is 18.2 Å². The topological polar surface area (TPSA) is 39.1 Å². The van der Waals surface area contributed by atoms with Crippen LogP contribution in [-0.2, 0) is 18.3 Å². The molecule has 0 aliphatic carbocycles. The summed E-state index contributed by atoms with van der Waals surface area (Å²) in [4.78, 5) is 0. The molecule has 1 aromatic heterocycles. The van der Waals surface area contributed by atoms with Crippen LogP contribution in [0, 0.1) is 6.92 Å². The van der Waals surface area contributed by atoms with E-state index >= 15 is 0 Å². The van der Waals surface area contributed by atoms with Crippen molar-refractivity contribution in [3.05, 3.63) is 29.5 Å². The first-order valence-electron chi connectivity index (χ1n) is 6.76. The van der Waals surface area contributed by atoms with Crippen molar-refractivity contribution in [3.8, 4) is 0 Å². The van der Waals surface area contributed by atoms with Crippen LogP contribution in [-0.4, -0.2) is 29.5 Å². The summed E-state index contributed by atoms with van der Waals surface area (Å²) in [6, 6.07) is 6.90. The Morgan fingerprint density at radius 1 is 1.42 bits per heavy atom. The number of rotatable bonds is 6. The first-order chi connectivity index (χ1) is 9.11. The van der Waals surface area contributed by atoms with Crippen molar-refractivity contribution in [1.82, 2.24) is 15.1 Å². The Kier molecular flexibility index (Phi) is 4.56. The number of hydrogen-bond donors (Lipinski definition) is 1. The lowest BCUT2D eigenvalue weighted by molar-refractivity contribution is 0.184. The Labute approximate surface area is 114 Å². The normalized spacial score (nSPS) is 13.1. The number of hydrogen-bond acceptors (Lipinski definition) is 3. The Bertz CT molecular complexity index is 548. The highest BCUT2D eigenvalue weighted by molar-refractivity contribution is 5.82. The van der Waals surface area contributed by atoms with Gasteiger partial charge in [0.2, 0.25) is 0 Å². The first kappa shape index (κ1) is 14.0. The maximum atomic E-state index is 5.09. The van der Waals surface area contributed by atoms with Gasteiger partial charge < -0.3 is 10.1 Å². The summed E-state index contributed by atoms with van der Waals surface area (Å²) in [7, 11) is 3.73. The second-order valence-electron chi connectivity index (χ2n) is 5.15. The highest BCUT2D eigenvalue weighted by Gasteiger charge is 2.09. The second kappa shape index (κ2) is 6.17. The number of methoxy groups -OCH3 is 1. The average molecular weight is 261 g/mol. The number of aryl methyl sites for hydroxylation is 2. The summed E-state index contributed by atoms with van der Waals surface area (Å²) in [5.74, 6) is 0. The van der Waals surface area contributed by atoms with Gasteiger partial charge in [0.05, 0.1) is 11.2 Å². The zero-order chi connectivity index (χ0) is 13.8. The van der Waals surface area contributed by atoms with Crippen molar-refractivity contribution in [2.24, 2.45) is 7.05 Å². The smallest absolute Gasteiger partial charge is 0.0841 e. The average Bonchev–Trinajstić information content (AvgIpc) is 2.70. The number of fused-ring (bicyclic) bond motifs is 1. The van der Waals surface area contributed by atoms with Gasteiger partial charge in [-0.25, -0.2) is 0 Å². The highest BCUT2D eigenvalue weighted by Crippen LogP contribution is 2.19. The molecule has 2 rings (SSSR count). The van der Waals surface area contributed by atoms with Gasteiger partial charge in [0.1, 0.15) is 0 Å². The van der Waals surface area contributed by atoms with Crippen LogP contribution >= 0.6 is 0 Å². The molecule has 0 aliphatic heterocycles. The molecule has 1 atom stereocenters. The van der Waals surface area contributed by atoms with Gasteiger partial charge in [0.25, 0.3) is 0 Å². The zero-order valence-electron chi connectivity index (χ0n) is 12.2. The van der Waals surface area contributed by atoms with Crippen LogP contribution in [0.5, 0.6) is 0 Å². The molecule has 0 radical (unpaired) electrons. The number of nitrogens with zero attached hydrogens (tertiary/aromatic N) is 2. The van der Waals surface area contributed by atoms with E-state index in [-0.39, 0.29) is 0 Å². The Morgan fingerprint density at radius 3 is 2.95 bits per heavy atom. The summed E-state index contributed by atoms with van der Waals surface area (Å²) >= 11 is 0. The fraction of sp³-hybridized carbons (Fsp3) is 0.533. The number of nitrogens with one attached hydrogen (secondary N) is 1. The maximum Gasteiger partial charge on any atom is 0.0841 e. The van der Waals surface area contributed by atoms with E-state index in [2.05, 4.69) is 42.5 Å². The molecule has 4 heteroatoms. The lowest BCUT2D eigenvalue weighted by Gasteiger charge is -2.12. The highest BCUT2D eigenvalue weighted by atomic mass is 16.5. The molecule has 0 saturated carbocycles. The van der Waals surface area contributed by atoms with Crippen LogP contribution in [0.1, 0.15) is 24.6 Å². The van der Waals surface area contributed by atoms with Gasteiger partial charge in [-0.1, -0.05) is 11.6 Å². The van der Waals surface area contributed by atoms with E-state index in [1.54, 1.807) is 7.11 Å². The third-order valence-electron chi connectivity index (χ3n) is 3.46. The molecule has 0 bridgehead atoms. The summed E-state index contributed by atoms with van der Waals surface area (Å²) < 4.78 is 7.04. The van der Waals surface area contributed by atoms with E-state index in [4.69, 9.17) is 4.74 Å². The van der Waals surface area contributed by atoms with E-state index in [0.29, 0.717) is 6.04 Å². The van der Waals surface area contributed by atoms with Gasteiger partial charge in [-0.15, -0.1) is 0 Å². The Morgan fingerprint density at radius 2 is 2.21 bits per heavy atom. The Balaban J connectivity index is 2.10. The van der Waals surface area contributed by atoms with E-state index in [9.17, 15) is 0 Å². The molecule has 1 heterocycles. The van der Waals surface area contributed by atoms with Crippen molar-refractivity contribution in [1.29, 1.82) is 0 Å². The summed E-state index contributed by atoms with van der Waals surface area (Å²) in [6.07, 6.45) is 1.01. The predicted octanol–water partition coefficient (Wildman–Crippen LogP) is 2.40. The number of benzene rings is 1. The van der Waals surface area contributed by atoms with Gasteiger partial charge in [-0.05, 0) is 32.4 Å². The molecule has 19 heavy (non-hydrogen) atoms. The fourth-order valence-corrected chi connectivity index (χ4v) is 2.25. The van der Waals surface area contributed by atoms with Crippen LogP contribution < -0.4 is 5.32 Å². The van der Waals surface area contributed by atoms with Crippen molar-refractivity contribution < 1.29 is 4.74 Å². The molecule has 0 saturated heterocycles. The molecular formula is C15H23N3O.